The molecule has 0 fully saturated rings. The molecule has 0 aliphatic carbocycles. The van der Waals surface area contributed by atoms with Gasteiger partial charge in [0, 0.05) is 23.6 Å². The van der Waals surface area contributed by atoms with Crippen molar-refractivity contribution < 1.29 is 14.7 Å². The van der Waals surface area contributed by atoms with E-state index in [4.69, 9.17) is 23.1 Å². The van der Waals surface area contributed by atoms with E-state index < -0.39 is 5.97 Å². The number of aliphatic carboxylic acids is 1. The summed E-state index contributed by atoms with van der Waals surface area (Å²) in [7, 11) is 0. The molecular weight excluding hydrogens is 278 g/mol. The highest BCUT2D eigenvalue weighted by molar-refractivity contribution is 6.30. The van der Waals surface area contributed by atoms with Crippen LogP contribution in [0.15, 0.2) is 24.3 Å². The molecule has 1 amide bonds. The molecule has 1 N–H and O–H groups in total. The zero-order chi connectivity index (χ0) is 15.0. The fourth-order valence-electron chi connectivity index (χ4n) is 1.72. The van der Waals surface area contributed by atoms with Crippen molar-refractivity contribution in [1.29, 1.82) is 0 Å². The Labute approximate surface area is 123 Å². The first-order valence-electron chi connectivity index (χ1n) is 6.25. The number of hydrogen-bond acceptors (Lipinski definition) is 2. The maximum atomic E-state index is 12.1. The number of nitrogens with zero attached hydrogens (tertiary/aromatic N) is 1. The molecule has 1 aromatic carbocycles. The number of hydrogen-bond donors (Lipinski definition) is 1. The van der Waals surface area contributed by atoms with E-state index in [1.54, 1.807) is 24.3 Å². The Hall–Kier alpha value is -1.99. The molecule has 4 nitrogen and oxygen atoms in total. The highest BCUT2D eigenvalue weighted by Crippen LogP contribution is 2.19. The van der Waals surface area contributed by atoms with Crippen LogP contribution in [0.4, 0.5) is 5.69 Å². The Morgan fingerprint density at radius 2 is 1.90 bits per heavy atom. The van der Waals surface area contributed by atoms with Crippen molar-refractivity contribution in [1.82, 2.24) is 0 Å². The summed E-state index contributed by atoms with van der Waals surface area (Å²) in [6, 6.07) is 6.50. The zero-order valence-electron chi connectivity index (χ0n) is 11.0. The first-order chi connectivity index (χ1) is 9.54. The van der Waals surface area contributed by atoms with Gasteiger partial charge >= 0.3 is 5.97 Å². The maximum Gasteiger partial charge on any atom is 0.323 e. The minimum atomic E-state index is -1.06. The maximum absolute atomic E-state index is 12.1. The van der Waals surface area contributed by atoms with Crippen molar-refractivity contribution in [3.05, 3.63) is 29.3 Å². The smallest absolute Gasteiger partial charge is 0.323 e. The standard InChI is InChI=1S/C15H16ClNO3/c1-2-3-4-5-6-14(18)17(11-15(19)20)13-9-7-12(16)8-10-13/h1,7-10H,3-6,11H2,(H,19,20). The number of halogens is 1. The van der Waals surface area contributed by atoms with Crippen molar-refractivity contribution in [2.75, 3.05) is 11.4 Å². The van der Waals surface area contributed by atoms with Crippen LogP contribution in [-0.2, 0) is 9.59 Å². The van der Waals surface area contributed by atoms with E-state index in [0.29, 0.717) is 23.6 Å². The highest BCUT2D eigenvalue weighted by atomic mass is 35.5. The molecule has 1 rings (SSSR count). The molecule has 0 radical (unpaired) electrons. The summed E-state index contributed by atoms with van der Waals surface area (Å²) in [6.07, 6.45) is 7.43. The highest BCUT2D eigenvalue weighted by Gasteiger charge is 2.18. The summed E-state index contributed by atoms with van der Waals surface area (Å²) in [6.45, 7) is -0.365. The lowest BCUT2D eigenvalue weighted by Gasteiger charge is -2.21. The van der Waals surface area contributed by atoms with Crippen molar-refractivity contribution in [2.24, 2.45) is 0 Å². The van der Waals surface area contributed by atoms with Crippen LogP contribution in [-0.4, -0.2) is 23.5 Å². The zero-order valence-corrected chi connectivity index (χ0v) is 11.8. The minimum Gasteiger partial charge on any atom is -0.480 e. The van der Waals surface area contributed by atoms with E-state index >= 15 is 0 Å². The van der Waals surface area contributed by atoms with Crippen molar-refractivity contribution in [3.8, 4) is 12.3 Å². The fourth-order valence-corrected chi connectivity index (χ4v) is 1.84. The molecular formula is C15H16ClNO3. The molecule has 106 valence electrons. The van der Waals surface area contributed by atoms with Crippen LogP contribution < -0.4 is 4.90 Å². The van der Waals surface area contributed by atoms with Crippen LogP contribution >= 0.6 is 11.6 Å². The Morgan fingerprint density at radius 3 is 2.45 bits per heavy atom. The molecule has 0 aliphatic heterocycles. The Balaban J connectivity index is 2.73. The summed E-state index contributed by atoms with van der Waals surface area (Å²) >= 11 is 5.78. The largest absolute Gasteiger partial charge is 0.480 e. The second-order valence-corrected chi connectivity index (χ2v) is 4.70. The van der Waals surface area contributed by atoms with Crippen LogP contribution in [0.3, 0.4) is 0 Å². The van der Waals surface area contributed by atoms with Gasteiger partial charge in [-0.1, -0.05) is 11.6 Å². The van der Waals surface area contributed by atoms with Gasteiger partial charge in [0.1, 0.15) is 6.54 Å². The lowest BCUT2D eigenvalue weighted by molar-refractivity contribution is -0.136. The average molecular weight is 294 g/mol. The summed E-state index contributed by atoms with van der Waals surface area (Å²) in [5.41, 5.74) is 0.527. The van der Waals surface area contributed by atoms with E-state index in [1.165, 1.54) is 4.90 Å². The molecule has 1 aromatic rings. The third-order valence-electron chi connectivity index (χ3n) is 2.69. The fraction of sp³-hybridized carbons (Fsp3) is 0.333. The Kier molecular flexibility index (Phi) is 6.61. The summed E-state index contributed by atoms with van der Waals surface area (Å²) < 4.78 is 0. The van der Waals surface area contributed by atoms with Gasteiger partial charge in [-0.2, -0.15) is 0 Å². The average Bonchev–Trinajstić information content (AvgIpc) is 2.42. The van der Waals surface area contributed by atoms with E-state index in [9.17, 15) is 9.59 Å². The number of anilines is 1. The molecule has 0 aliphatic rings. The molecule has 0 heterocycles. The number of benzene rings is 1. The number of rotatable bonds is 7. The second kappa shape index (κ2) is 8.23. The van der Waals surface area contributed by atoms with Gasteiger partial charge in [0.05, 0.1) is 0 Å². The molecule has 0 atom stereocenters. The molecule has 0 spiro atoms. The summed E-state index contributed by atoms with van der Waals surface area (Å²) in [5, 5.41) is 9.44. The molecule has 0 aromatic heterocycles. The topological polar surface area (TPSA) is 57.6 Å². The van der Waals surface area contributed by atoms with Crippen LogP contribution in [0.1, 0.15) is 25.7 Å². The van der Waals surface area contributed by atoms with Crippen molar-refractivity contribution >= 4 is 29.2 Å². The number of carbonyl (C=O) groups is 2. The van der Waals surface area contributed by atoms with Crippen LogP contribution in [0, 0.1) is 12.3 Å². The number of amides is 1. The van der Waals surface area contributed by atoms with E-state index in [-0.39, 0.29) is 18.9 Å². The molecule has 0 bridgehead atoms. The number of carboxylic acid groups (broad SMARTS) is 1. The van der Waals surface area contributed by atoms with E-state index in [0.717, 1.165) is 6.42 Å². The predicted molar refractivity (Wildman–Crippen MR) is 78.7 cm³/mol. The summed E-state index contributed by atoms with van der Waals surface area (Å²) in [4.78, 5) is 24.2. The van der Waals surface area contributed by atoms with E-state index in [1.807, 2.05) is 0 Å². The second-order valence-electron chi connectivity index (χ2n) is 4.26. The first-order valence-corrected chi connectivity index (χ1v) is 6.63. The number of carbonyl (C=O) groups excluding carboxylic acids is 1. The SMILES string of the molecule is C#CCCCCC(=O)N(CC(=O)O)c1ccc(Cl)cc1. The van der Waals surface area contributed by atoms with Crippen LogP contribution in [0.25, 0.3) is 0 Å². The third-order valence-corrected chi connectivity index (χ3v) is 2.95. The first kappa shape index (κ1) is 16.1. The number of carboxylic acids is 1. The van der Waals surface area contributed by atoms with Gasteiger partial charge in [0.25, 0.3) is 0 Å². The third kappa shape index (κ3) is 5.33. The molecule has 0 saturated carbocycles. The van der Waals surface area contributed by atoms with Gasteiger partial charge in [-0.3, -0.25) is 9.59 Å². The number of terminal acetylenes is 1. The molecule has 0 saturated heterocycles. The minimum absolute atomic E-state index is 0.230. The van der Waals surface area contributed by atoms with Gasteiger partial charge in [-0.25, -0.2) is 0 Å². The van der Waals surface area contributed by atoms with E-state index in [2.05, 4.69) is 5.92 Å². The lowest BCUT2D eigenvalue weighted by Crippen LogP contribution is -2.35. The molecule has 0 unspecified atom stereocenters. The van der Waals surface area contributed by atoms with Crippen molar-refractivity contribution in [2.45, 2.75) is 25.7 Å². The number of unbranched alkanes of at least 4 members (excludes halogenated alkanes) is 2. The monoisotopic (exact) mass is 293 g/mol. The van der Waals surface area contributed by atoms with Crippen LogP contribution in [0.5, 0.6) is 0 Å². The normalized spacial score (nSPS) is 9.80. The quantitative estimate of drug-likeness (QED) is 0.621. The summed E-state index contributed by atoms with van der Waals surface area (Å²) in [5.74, 6) is 1.22. The Bertz CT molecular complexity index is 505. The lowest BCUT2D eigenvalue weighted by atomic mass is 10.1. The predicted octanol–water partition coefficient (Wildman–Crippen LogP) is 2.95. The van der Waals surface area contributed by atoms with Gasteiger partial charge in [-0.15, -0.1) is 12.3 Å². The van der Waals surface area contributed by atoms with Gasteiger partial charge in [-0.05, 0) is 37.1 Å². The van der Waals surface area contributed by atoms with Crippen molar-refractivity contribution in [3.63, 3.8) is 0 Å². The van der Waals surface area contributed by atoms with Gasteiger partial charge < -0.3 is 10.0 Å². The van der Waals surface area contributed by atoms with Crippen LogP contribution in [0.2, 0.25) is 5.02 Å². The van der Waals surface area contributed by atoms with Gasteiger partial charge in [0.15, 0.2) is 0 Å². The Morgan fingerprint density at radius 1 is 1.25 bits per heavy atom. The molecule has 5 heteroatoms. The van der Waals surface area contributed by atoms with Gasteiger partial charge in [0.2, 0.25) is 5.91 Å². The molecule has 20 heavy (non-hydrogen) atoms.